The number of nitrogens with zero attached hydrogens (tertiary/aromatic N) is 3. The highest BCUT2D eigenvalue weighted by Crippen LogP contribution is 2.42. The largest absolute Gasteiger partial charge is 0.450 e. The van der Waals surface area contributed by atoms with E-state index in [1.54, 1.807) is 0 Å². The average Bonchev–Trinajstić information content (AvgIpc) is 3.31. The normalized spacial score (nSPS) is 15.7. The highest BCUT2D eigenvalue weighted by Gasteiger charge is 2.45. The molecule has 32 heavy (non-hydrogen) atoms. The predicted molar refractivity (Wildman–Crippen MR) is 121 cm³/mol. The van der Waals surface area contributed by atoms with Crippen LogP contribution in [0, 0.1) is 18.7 Å². The molecule has 2 aromatic heterocycles. The molecule has 1 unspecified atom stereocenters. The molecule has 0 radical (unpaired) electrons. The molecule has 3 heterocycles. The van der Waals surface area contributed by atoms with Gasteiger partial charge in [-0.2, -0.15) is 0 Å². The fourth-order valence-electron chi connectivity index (χ4n) is 3.98. The van der Waals surface area contributed by atoms with Gasteiger partial charge in [0, 0.05) is 6.42 Å². The number of hydrogen-bond acceptors (Lipinski definition) is 6. The Labute approximate surface area is 187 Å². The van der Waals surface area contributed by atoms with Gasteiger partial charge in [0.1, 0.15) is 16.4 Å². The number of carbonyl (C=O) groups excluding carboxylic acids is 1. The zero-order valence-electron chi connectivity index (χ0n) is 17.8. The summed E-state index contributed by atoms with van der Waals surface area (Å²) in [6.07, 6.45) is 0.738. The van der Waals surface area contributed by atoms with Gasteiger partial charge in [-0.05, 0) is 36.6 Å². The Kier molecular flexibility index (Phi) is 4.89. The van der Waals surface area contributed by atoms with Gasteiger partial charge in [-0.25, -0.2) is 4.39 Å². The summed E-state index contributed by atoms with van der Waals surface area (Å²) < 4.78 is 19.7. The molecule has 0 spiro atoms. The molecule has 0 N–H and O–H groups in total. The summed E-state index contributed by atoms with van der Waals surface area (Å²) in [5, 5.41) is 9.83. The van der Waals surface area contributed by atoms with Crippen LogP contribution in [0.1, 0.15) is 52.1 Å². The second-order valence-electron chi connectivity index (χ2n) is 8.38. The van der Waals surface area contributed by atoms with E-state index in [4.69, 9.17) is 4.42 Å². The van der Waals surface area contributed by atoms with Crippen molar-refractivity contribution < 1.29 is 13.6 Å². The Morgan fingerprint density at radius 3 is 2.59 bits per heavy atom. The van der Waals surface area contributed by atoms with E-state index in [-0.39, 0.29) is 22.3 Å². The summed E-state index contributed by atoms with van der Waals surface area (Å²) in [4.78, 5) is 28.4. The lowest BCUT2D eigenvalue weighted by molar-refractivity contribution is 0.0970. The van der Waals surface area contributed by atoms with Crippen molar-refractivity contribution >= 4 is 33.3 Å². The van der Waals surface area contributed by atoms with Crippen molar-refractivity contribution in [3.05, 3.63) is 86.0 Å². The van der Waals surface area contributed by atoms with Crippen molar-refractivity contribution in [2.45, 2.75) is 33.2 Å². The van der Waals surface area contributed by atoms with E-state index in [1.165, 1.54) is 28.4 Å². The summed E-state index contributed by atoms with van der Waals surface area (Å²) >= 11 is 1.33. The van der Waals surface area contributed by atoms with E-state index in [0.717, 1.165) is 28.6 Å². The quantitative estimate of drug-likeness (QED) is 0.436. The highest BCUT2D eigenvalue weighted by atomic mass is 32.1. The molecule has 2 aromatic carbocycles. The molecule has 0 fully saturated rings. The first kappa shape index (κ1) is 20.5. The molecule has 0 bridgehead atoms. The van der Waals surface area contributed by atoms with Crippen LogP contribution in [-0.4, -0.2) is 16.1 Å². The van der Waals surface area contributed by atoms with Gasteiger partial charge in [-0.15, -0.1) is 10.2 Å². The lowest BCUT2D eigenvalue weighted by Gasteiger charge is -2.22. The molecule has 1 amide bonds. The molecular formula is C24H20FN3O3S. The van der Waals surface area contributed by atoms with Crippen LogP contribution in [0.3, 0.4) is 0 Å². The maximum Gasteiger partial charge on any atom is 0.297 e. The van der Waals surface area contributed by atoms with Crippen LogP contribution >= 0.6 is 11.3 Å². The molecule has 4 aromatic rings. The maximum absolute atomic E-state index is 13.9. The second kappa shape index (κ2) is 7.63. The van der Waals surface area contributed by atoms with E-state index < -0.39 is 23.2 Å². The molecule has 8 heteroatoms. The van der Waals surface area contributed by atoms with Crippen molar-refractivity contribution in [1.29, 1.82) is 0 Å². The third-order valence-corrected chi connectivity index (χ3v) is 6.42. The molecule has 1 atom stereocenters. The first-order valence-electron chi connectivity index (χ1n) is 10.3. The number of aromatic nitrogens is 2. The Hall–Kier alpha value is -3.39. The number of carbonyl (C=O) groups is 1. The standard InChI is InChI=1S/C24H20FN3O3S/c1-12(2)10-18-26-27-24(32-18)28-20(14-6-4-13(3)5-7-14)19-21(29)16-11-15(25)8-9-17(16)31-22(19)23(28)30/h4-9,11-12,20H,10H2,1-3H3. The lowest BCUT2D eigenvalue weighted by atomic mass is 9.98. The number of halogens is 1. The molecule has 0 saturated heterocycles. The van der Waals surface area contributed by atoms with Crippen molar-refractivity contribution in [3.8, 4) is 0 Å². The number of hydrogen-bond donors (Lipinski definition) is 0. The monoisotopic (exact) mass is 449 g/mol. The van der Waals surface area contributed by atoms with Crippen LogP contribution < -0.4 is 10.3 Å². The van der Waals surface area contributed by atoms with E-state index in [0.29, 0.717) is 11.0 Å². The first-order chi connectivity index (χ1) is 15.3. The Bertz CT molecular complexity index is 1410. The van der Waals surface area contributed by atoms with E-state index in [1.807, 2.05) is 31.2 Å². The number of fused-ring (bicyclic) bond motifs is 2. The summed E-state index contributed by atoms with van der Waals surface area (Å²) in [5.41, 5.74) is 1.73. The molecule has 0 aliphatic carbocycles. The number of anilines is 1. The zero-order chi connectivity index (χ0) is 22.6. The fraction of sp³-hybridized carbons (Fsp3) is 0.250. The third kappa shape index (κ3) is 3.31. The van der Waals surface area contributed by atoms with Crippen LogP contribution in [-0.2, 0) is 6.42 Å². The Morgan fingerprint density at radius 2 is 1.88 bits per heavy atom. The SMILES string of the molecule is Cc1ccc(C2c3c(oc4ccc(F)cc4c3=O)C(=O)N2c2nnc(CC(C)C)s2)cc1. The van der Waals surface area contributed by atoms with Crippen LogP contribution in [0.5, 0.6) is 0 Å². The van der Waals surface area contributed by atoms with Gasteiger partial charge in [0.05, 0.1) is 17.0 Å². The van der Waals surface area contributed by atoms with Gasteiger partial charge in [-0.1, -0.05) is 55.0 Å². The first-order valence-corrected chi connectivity index (χ1v) is 11.1. The van der Waals surface area contributed by atoms with Gasteiger partial charge in [0.2, 0.25) is 10.9 Å². The number of aryl methyl sites for hydroxylation is 1. The van der Waals surface area contributed by atoms with E-state index in [9.17, 15) is 14.0 Å². The topological polar surface area (TPSA) is 76.3 Å². The second-order valence-corrected chi connectivity index (χ2v) is 9.42. The number of amides is 1. The number of rotatable bonds is 4. The van der Waals surface area contributed by atoms with E-state index in [2.05, 4.69) is 24.0 Å². The summed E-state index contributed by atoms with van der Waals surface area (Å²) in [7, 11) is 0. The van der Waals surface area contributed by atoms with Crippen molar-refractivity contribution in [2.24, 2.45) is 5.92 Å². The summed E-state index contributed by atoms with van der Waals surface area (Å²) in [5.74, 6) is -0.652. The molecular weight excluding hydrogens is 429 g/mol. The number of benzene rings is 2. The highest BCUT2D eigenvalue weighted by molar-refractivity contribution is 7.15. The molecule has 0 saturated carbocycles. The van der Waals surface area contributed by atoms with Gasteiger partial charge in [-0.3, -0.25) is 14.5 Å². The third-order valence-electron chi connectivity index (χ3n) is 5.47. The molecule has 1 aliphatic rings. The van der Waals surface area contributed by atoms with Crippen LogP contribution in [0.2, 0.25) is 0 Å². The molecule has 5 rings (SSSR count). The minimum Gasteiger partial charge on any atom is -0.450 e. The van der Waals surface area contributed by atoms with Crippen molar-refractivity contribution in [3.63, 3.8) is 0 Å². The van der Waals surface area contributed by atoms with Gasteiger partial charge in [0.25, 0.3) is 5.91 Å². The fourth-order valence-corrected chi connectivity index (χ4v) is 5.06. The summed E-state index contributed by atoms with van der Waals surface area (Å²) in [6.45, 7) is 6.13. The lowest BCUT2D eigenvalue weighted by Crippen LogP contribution is -2.29. The Morgan fingerprint density at radius 1 is 1.12 bits per heavy atom. The van der Waals surface area contributed by atoms with Crippen molar-refractivity contribution in [1.82, 2.24) is 10.2 Å². The van der Waals surface area contributed by atoms with Crippen LogP contribution in [0.25, 0.3) is 11.0 Å². The Balaban J connectivity index is 1.74. The van der Waals surface area contributed by atoms with Gasteiger partial charge in [0.15, 0.2) is 5.43 Å². The molecule has 162 valence electrons. The van der Waals surface area contributed by atoms with Crippen LogP contribution in [0.4, 0.5) is 9.52 Å². The minimum atomic E-state index is -0.734. The van der Waals surface area contributed by atoms with Gasteiger partial charge < -0.3 is 4.42 Å². The molecule has 1 aliphatic heterocycles. The maximum atomic E-state index is 13.9. The van der Waals surface area contributed by atoms with E-state index >= 15 is 0 Å². The van der Waals surface area contributed by atoms with Crippen LogP contribution in [0.15, 0.2) is 51.7 Å². The smallest absolute Gasteiger partial charge is 0.297 e. The van der Waals surface area contributed by atoms with Gasteiger partial charge >= 0.3 is 0 Å². The minimum absolute atomic E-state index is 0.0414. The predicted octanol–water partition coefficient (Wildman–Crippen LogP) is 5.04. The average molecular weight is 450 g/mol. The zero-order valence-corrected chi connectivity index (χ0v) is 18.6. The summed E-state index contributed by atoms with van der Waals surface area (Å²) in [6, 6.07) is 10.6. The molecule has 6 nitrogen and oxygen atoms in total. The van der Waals surface area contributed by atoms with Crippen molar-refractivity contribution in [2.75, 3.05) is 4.90 Å².